The summed E-state index contributed by atoms with van der Waals surface area (Å²) in [6, 6.07) is 11.5. The Kier molecular flexibility index (Phi) is 8.60. The minimum Gasteiger partial charge on any atom is -0.507 e. The Morgan fingerprint density at radius 2 is 1.88 bits per heavy atom. The maximum atomic E-state index is 13.4. The molecule has 1 fully saturated rings. The fraction of sp³-hybridized carbons (Fsp3) is 0.333. The SMILES string of the molecule is C=CCOc1cccc([C@@H]2C(=C(O)c3ccc(F)cc3)C(=O)C(=O)N2CCCN(CC)CC)c1. The Morgan fingerprint density at radius 1 is 1.18 bits per heavy atom. The van der Waals surface area contributed by atoms with E-state index in [9.17, 15) is 19.1 Å². The number of Topliss-reactive ketones (excluding diaryl/α,β-unsaturated/α-hetero) is 1. The number of likely N-dealkylation sites (tertiary alicyclic amines) is 1. The van der Waals surface area contributed by atoms with Crippen molar-refractivity contribution < 1.29 is 23.8 Å². The van der Waals surface area contributed by atoms with E-state index in [0.717, 1.165) is 19.6 Å². The van der Waals surface area contributed by atoms with E-state index in [1.807, 2.05) is 0 Å². The monoisotopic (exact) mass is 466 g/mol. The second-order valence-corrected chi connectivity index (χ2v) is 8.05. The van der Waals surface area contributed by atoms with Gasteiger partial charge in [-0.2, -0.15) is 0 Å². The van der Waals surface area contributed by atoms with E-state index in [1.165, 1.54) is 29.2 Å². The van der Waals surface area contributed by atoms with Crippen LogP contribution >= 0.6 is 0 Å². The lowest BCUT2D eigenvalue weighted by Gasteiger charge is -2.27. The van der Waals surface area contributed by atoms with Crippen LogP contribution < -0.4 is 4.74 Å². The van der Waals surface area contributed by atoms with Gasteiger partial charge in [0.25, 0.3) is 11.7 Å². The van der Waals surface area contributed by atoms with E-state index in [4.69, 9.17) is 4.74 Å². The van der Waals surface area contributed by atoms with E-state index >= 15 is 0 Å². The summed E-state index contributed by atoms with van der Waals surface area (Å²) >= 11 is 0. The summed E-state index contributed by atoms with van der Waals surface area (Å²) in [5.74, 6) is -1.64. The fourth-order valence-corrected chi connectivity index (χ4v) is 4.15. The van der Waals surface area contributed by atoms with Gasteiger partial charge in [0, 0.05) is 12.1 Å². The minimum absolute atomic E-state index is 0.0136. The number of carbonyl (C=O) groups is 2. The maximum Gasteiger partial charge on any atom is 0.295 e. The molecule has 1 saturated heterocycles. The van der Waals surface area contributed by atoms with Crippen LogP contribution in [-0.4, -0.2) is 59.4 Å². The number of aliphatic hydroxyl groups is 1. The van der Waals surface area contributed by atoms with Crippen molar-refractivity contribution in [1.82, 2.24) is 9.80 Å². The summed E-state index contributed by atoms with van der Waals surface area (Å²) in [5, 5.41) is 11.1. The van der Waals surface area contributed by atoms with Crippen molar-refractivity contribution in [2.75, 3.05) is 32.8 Å². The predicted octanol–water partition coefficient (Wildman–Crippen LogP) is 4.54. The molecule has 0 radical (unpaired) electrons. The lowest BCUT2D eigenvalue weighted by molar-refractivity contribution is -0.140. The van der Waals surface area contributed by atoms with Crippen molar-refractivity contribution in [2.45, 2.75) is 26.3 Å². The molecule has 3 rings (SSSR count). The first kappa shape index (κ1) is 25.2. The van der Waals surface area contributed by atoms with Crippen LogP contribution in [0.3, 0.4) is 0 Å². The molecule has 0 saturated carbocycles. The molecule has 0 unspecified atom stereocenters. The molecule has 7 heteroatoms. The number of hydrogen-bond acceptors (Lipinski definition) is 5. The topological polar surface area (TPSA) is 70.1 Å². The van der Waals surface area contributed by atoms with Gasteiger partial charge < -0.3 is 19.6 Å². The Balaban J connectivity index is 2.04. The number of carbonyl (C=O) groups excluding carboxylic acids is 2. The van der Waals surface area contributed by atoms with Gasteiger partial charge in [-0.3, -0.25) is 9.59 Å². The smallest absolute Gasteiger partial charge is 0.295 e. The van der Waals surface area contributed by atoms with Crippen LogP contribution in [0.25, 0.3) is 5.76 Å². The summed E-state index contributed by atoms with van der Waals surface area (Å²) in [5.41, 5.74) is 0.902. The molecule has 1 amide bonds. The quantitative estimate of drug-likeness (QED) is 0.228. The van der Waals surface area contributed by atoms with Crippen molar-refractivity contribution in [3.8, 4) is 5.75 Å². The number of rotatable bonds is 11. The average Bonchev–Trinajstić information content (AvgIpc) is 3.10. The highest BCUT2D eigenvalue weighted by Crippen LogP contribution is 2.40. The lowest BCUT2D eigenvalue weighted by Crippen LogP contribution is -2.33. The van der Waals surface area contributed by atoms with Crippen LogP contribution in [0.15, 0.2) is 66.8 Å². The lowest BCUT2D eigenvalue weighted by atomic mass is 9.95. The van der Waals surface area contributed by atoms with E-state index < -0.39 is 23.5 Å². The van der Waals surface area contributed by atoms with Crippen LogP contribution in [0.4, 0.5) is 4.39 Å². The zero-order valence-corrected chi connectivity index (χ0v) is 19.7. The van der Waals surface area contributed by atoms with Crippen molar-refractivity contribution in [3.05, 3.63) is 83.7 Å². The molecule has 0 aliphatic carbocycles. The highest BCUT2D eigenvalue weighted by Gasteiger charge is 2.45. The van der Waals surface area contributed by atoms with Crippen LogP contribution in [0.2, 0.25) is 0 Å². The second-order valence-electron chi connectivity index (χ2n) is 8.05. The van der Waals surface area contributed by atoms with Gasteiger partial charge in [0.1, 0.15) is 23.9 Å². The van der Waals surface area contributed by atoms with Crippen molar-refractivity contribution in [2.24, 2.45) is 0 Å². The Labute approximate surface area is 199 Å². The van der Waals surface area contributed by atoms with E-state index in [0.29, 0.717) is 30.9 Å². The first-order chi connectivity index (χ1) is 16.4. The van der Waals surface area contributed by atoms with Gasteiger partial charge in [-0.05, 0) is 68.0 Å². The molecule has 6 nitrogen and oxygen atoms in total. The van der Waals surface area contributed by atoms with Gasteiger partial charge in [0.2, 0.25) is 0 Å². The molecule has 1 aliphatic heterocycles. The summed E-state index contributed by atoms with van der Waals surface area (Å²) < 4.78 is 19.1. The number of ether oxygens (including phenoxy) is 1. The fourth-order valence-electron chi connectivity index (χ4n) is 4.15. The molecule has 0 bridgehead atoms. The molecular formula is C27H31FN2O4. The zero-order valence-electron chi connectivity index (χ0n) is 19.7. The molecular weight excluding hydrogens is 435 g/mol. The van der Waals surface area contributed by atoms with Gasteiger partial charge in [-0.25, -0.2) is 4.39 Å². The number of halogens is 1. The van der Waals surface area contributed by atoms with Crippen molar-refractivity contribution >= 4 is 17.4 Å². The third-order valence-corrected chi connectivity index (χ3v) is 5.97. The summed E-state index contributed by atoms with van der Waals surface area (Å²) in [7, 11) is 0. The third-order valence-electron chi connectivity index (χ3n) is 5.97. The maximum absolute atomic E-state index is 13.4. The van der Waals surface area contributed by atoms with Gasteiger partial charge in [0.15, 0.2) is 0 Å². The molecule has 2 aromatic rings. The number of nitrogens with zero attached hydrogens (tertiary/aromatic N) is 2. The van der Waals surface area contributed by atoms with Crippen molar-refractivity contribution in [1.29, 1.82) is 0 Å². The van der Waals surface area contributed by atoms with Crippen LogP contribution in [0.5, 0.6) is 5.75 Å². The molecule has 1 atom stereocenters. The summed E-state index contributed by atoms with van der Waals surface area (Å²) in [6.07, 6.45) is 2.30. The van der Waals surface area contributed by atoms with Gasteiger partial charge in [0.05, 0.1) is 11.6 Å². The third kappa shape index (κ3) is 5.54. The first-order valence-corrected chi connectivity index (χ1v) is 11.5. The standard InChI is InChI=1S/C27H31FN2O4/c1-4-17-34-22-10-7-9-20(18-22)24-23(25(31)19-11-13-21(28)14-12-19)26(32)27(33)30(24)16-8-15-29(5-2)6-3/h4,7,9-14,18,24,31H,1,5-6,8,15-17H2,2-3H3/t24-/m1/s1. The molecule has 34 heavy (non-hydrogen) atoms. The molecule has 0 aromatic heterocycles. The van der Waals surface area contributed by atoms with Gasteiger partial charge >= 0.3 is 0 Å². The molecule has 180 valence electrons. The van der Waals surface area contributed by atoms with Gasteiger partial charge in [-0.1, -0.05) is 38.6 Å². The highest BCUT2D eigenvalue weighted by atomic mass is 19.1. The number of hydrogen-bond donors (Lipinski definition) is 1. The summed E-state index contributed by atoms with van der Waals surface area (Å²) in [4.78, 5) is 29.9. The molecule has 0 spiro atoms. The molecule has 2 aromatic carbocycles. The first-order valence-electron chi connectivity index (χ1n) is 11.5. The highest BCUT2D eigenvalue weighted by molar-refractivity contribution is 6.46. The van der Waals surface area contributed by atoms with Crippen LogP contribution in [0, 0.1) is 5.82 Å². The number of benzene rings is 2. The normalized spacial score (nSPS) is 17.4. The number of amides is 1. The number of aliphatic hydroxyl groups excluding tert-OH is 1. The second kappa shape index (κ2) is 11.6. The van der Waals surface area contributed by atoms with Crippen LogP contribution in [-0.2, 0) is 9.59 Å². The molecule has 1 N–H and O–H groups in total. The molecule has 1 aliphatic rings. The summed E-state index contributed by atoms with van der Waals surface area (Å²) in [6.45, 7) is 11.0. The average molecular weight is 467 g/mol. The van der Waals surface area contributed by atoms with E-state index in [2.05, 4.69) is 25.3 Å². The predicted molar refractivity (Wildman–Crippen MR) is 130 cm³/mol. The minimum atomic E-state index is -0.783. The van der Waals surface area contributed by atoms with E-state index in [1.54, 1.807) is 30.3 Å². The largest absolute Gasteiger partial charge is 0.507 e. The zero-order chi connectivity index (χ0) is 24.7. The Bertz CT molecular complexity index is 1060. The van der Waals surface area contributed by atoms with Crippen molar-refractivity contribution in [3.63, 3.8) is 0 Å². The number of ketones is 1. The molecule has 1 heterocycles. The Morgan fingerprint density at radius 3 is 2.53 bits per heavy atom. The van der Waals surface area contributed by atoms with Crippen LogP contribution in [0.1, 0.15) is 37.4 Å². The Hall–Kier alpha value is -3.45. The van der Waals surface area contributed by atoms with E-state index in [-0.39, 0.29) is 16.9 Å². The van der Waals surface area contributed by atoms with Gasteiger partial charge in [-0.15, -0.1) is 0 Å².